The van der Waals surface area contributed by atoms with Crippen LogP contribution >= 0.6 is 15.9 Å². The largest absolute Gasteiger partial charge is 0.347 e. The molecule has 2 aromatic rings. The lowest BCUT2D eigenvalue weighted by Gasteiger charge is -2.21. The lowest BCUT2D eigenvalue weighted by atomic mass is 10.0. The molecule has 1 amide bonds. The molecule has 1 aromatic heterocycles. The van der Waals surface area contributed by atoms with E-state index in [-0.39, 0.29) is 18.0 Å². The zero-order chi connectivity index (χ0) is 15.2. The fourth-order valence-electron chi connectivity index (χ4n) is 2.35. The van der Waals surface area contributed by atoms with Gasteiger partial charge in [0.15, 0.2) is 0 Å². The van der Waals surface area contributed by atoms with Crippen molar-refractivity contribution in [3.63, 3.8) is 0 Å². The smallest absolute Gasteiger partial charge is 0.245 e. The number of rotatable bonds is 6. The molecule has 0 radical (unpaired) electrons. The Hall–Kier alpha value is -1.62. The minimum Gasteiger partial charge on any atom is -0.347 e. The van der Waals surface area contributed by atoms with Gasteiger partial charge in [-0.25, -0.2) is 0 Å². The number of halogens is 1. The number of carbonyl (C=O) groups is 1. The third-order valence-electron chi connectivity index (χ3n) is 3.51. The van der Waals surface area contributed by atoms with Crippen LogP contribution in [0.25, 0.3) is 0 Å². The maximum atomic E-state index is 12.5. The summed E-state index contributed by atoms with van der Waals surface area (Å²) in [6, 6.07) is 9.80. The van der Waals surface area contributed by atoms with Crippen LogP contribution < -0.4 is 5.32 Å². The number of carbonyl (C=O) groups excluding carboxylic acids is 1. The lowest BCUT2D eigenvalue weighted by molar-refractivity contribution is -0.125. The number of nitrogens with zero attached hydrogens (tertiary/aromatic N) is 2. The first-order valence-corrected chi connectivity index (χ1v) is 8.00. The minimum atomic E-state index is -0.283. The van der Waals surface area contributed by atoms with E-state index in [1.54, 1.807) is 10.9 Å². The van der Waals surface area contributed by atoms with Gasteiger partial charge in [-0.2, -0.15) is 5.10 Å². The summed E-state index contributed by atoms with van der Waals surface area (Å²) < 4.78 is 2.58. The highest BCUT2D eigenvalue weighted by molar-refractivity contribution is 9.10. The Kier molecular flexibility index (Phi) is 5.56. The van der Waals surface area contributed by atoms with Gasteiger partial charge in [-0.15, -0.1) is 0 Å². The maximum Gasteiger partial charge on any atom is 0.245 e. The molecule has 112 valence electrons. The van der Waals surface area contributed by atoms with E-state index in [4.69, 9.17) is 0 Å². The lowest BCUT2D eigenvalue weighted by Crippen LogP contribution is -2.35. The van der Waals surface area contributed by atoms with E-state index in [9.17, 15) is 4.79 Å². The fraction of sp³-hybridized carbons (Fsp3) is 0.375. The molecule has 0 bridgehead atoms. The molecule has 5 heteroatoms. The van der Waals surface area contributed by atoms with Crippen molar-refractivity contribution in [1.82, 2.24) is 15.1 Å². The van der Waals surface area contributed by atoms with E-state index >= 15 is 0 Å². The van der Waals surface area contributed by atoms with Crippen LogP contribution in [0.15, 0.2) is 47.2 Å². The van der Waals surface area contributed by atoms with E-state index in [0.717, 1.165) is 16.5 Å². The van der Waals surface area contributed by atoms with Gasteiger partial charge in [-0.3, -0.25) is 9.48 Å². The monoisotopic (exact) mass is 349 g/mol. The van der Waals surface area contributed by atoms with E-state index in [2.05, 4.69) is 33.3 Å². The summed E-state index contributed by atoms with van der Waals surface area (Å²) in [4.78, 5) is 12.5. The van der Waals surface area contributed by atoms with Crippen LogP contribution in [0.3, 0.4) is 0 Å². The summed E-state index contributed by atoms with van der Waals surface area (Å²) >= 11 is 3.36. The molecule has 21 heavy (non-hydrogen) atoms. The molecule has 4 nitrogen and oxygen atoms in total. The average Bonchev–Trinajstić information content (AvgIpc) is 2.92. The molecule has 0 saturated heterocycles. The Labute approximate surface area is 133 Å². The second-order valence-corrected chi connectivity index (χ2v) is 5.86. The summed E-state index contributed by atoms with van der Waals surface area (Å²) in [5.74, 6) is 0.00352. The molecule has 0 spiro atoms. The van der Waals surface area contributed by atoms with Gasteiger partial charge in [0.25, 0.3) is 0 Å². The third kappa shape index (κ3) is 3.94. The molecule has 0 saturated carbocycles. The first-order valence-electron chi connectivity index (χ1n) is 7.20. The number of amides is 1. The highest BCUT2D eigenvalue weighted by Gasteiger charge is 2.22. The van der Waals surface area contributed by atoms with Crippen LogP contribution in [0.4, 0.5) is 0 Å². The number of aromatic nitrogens is 2. The van der Waals surface area contributed by atoms with Crippen LogP contribution in [0.5, 0.6) is 0 Å². The van der Waals surface area contributed by atoms with Crippen LogP contribution in [0.2, 0.25) is 0 Å². The molecule has 2 rings (SSSR count). The van der Waals surface area contributed by atoms with Crippen LogP contribution in [0, 0.1) is 0 Å². The number of hydrogen-bond acceptors (Lipinski definition) is 2. The van der Waals surface area contributed by atoms with Crippen molar-refractivity contribution in [2.75, 3.05) is 0 Å². The zero-order valence-corrected chi connectivity index (χ0v) is 13.9. The topological polar surface area (TPSA) is 46.9 Å². The molecule has 0 aliphatic carbocycles. The molecular formula is C16H20BrN3O. The van der Waals surface area contributed by atoms with Crippen molar-refractivity contribution in [2.45, 2.75) is 38.8 Å². The predicted molar refractivity (Wildman–Crippen MR) is 86.9 cm³/mol. The first kappa shape index (κ1) is 15.8. The molecule has 1 N–H and O–H groups in total. The molecule has 1 aromatic carbocycles. The molecule has 0 aliphatic heterocycles. The van der Waals surface area contributed by atoms with Crippen LogP contribution in [-0.4, -0.2) is 15.7 Å². The summed E-state index contributed by atoms with van der Waals surface area (Å²) in [5.41, 5.74) is 1.13. The fourth-order valence-corrected chi connectivity index (χ4v) is 2.65. The summed E-state index contributed by atoms with van der Waals surface area (Å²) in [6.45, 7) is 4.06. The van der Waals surface area contributed by atoms with E-state index in [0.29, 0.717) is 6.42 Å². The van der Waals surface area contributed by atoms with Gasteiger partial charge in [0.1, 0.15) is 6.04 Å². The molecule has 2 atom stereocenters. The van der Waals surface area contributed by atoms with Crippen molar-refractivity contribution in [3.05, 3.63) is 52.8 Å². The second-order valence-electron chi connectivity index (χ2n) is 4.94. The molecule has 0 fully saturated rings. The first-order chi connectivity index (χ1) is 10.2. The van der Waals surface area contributed by atoms with E-state index < -0.39 is 0 Å². The number of nitrogens with one attached hydrogen (secondary N) is 1. The van der Waals surface area contributed by atoms with Crippen molar-refractivity contribution in [2.24, 2.45) is 0 Å². The highest BCUT2D eigenvalue weighted by atomic mass is 79.9. The van der Waals surface area contributed by atoms with E-state index in [1.165, 1.54) is 0 Å². The molecule has 1 heterocycles. The van der Waals surface area contributed by atoms with Gasteiger partial charge in [0, 0.05) is 6.20 Å². The normalized spacial score (nSPS) is 13.7. The molecule has 0 aliphatic rings. The summed E-state index contributed by atoms with van der Waals surface area (Å²) in [5, 5.41) is 7.35. The number of benzene rings is 1. The SMILES string of the molecule is CCC(NC(=O)C(CC)n1cc(Br)cn1)c1ccccc1. The Morgan fingerprint density at radius 1 is 1.29 bits per heavy atom. The Morgan fingerprint density at radius 3 is 2.52 bits per heavy atom. The van der Waals surface area contributed by atoms with Gasteiger partial charge < -0.3 is 5.32 Å². The predicted octanol–water partition coefficient (Wildman–Crippen LogP) is 3.86. The van der Waals surface area contributed by atoms with Gasteiger partial charge in [0.2, 0.25) is 5.91 Å². The Morgan fingerprint density at radius 2 is 2.00 bits per heavy atom. The average molecular weight is 350 g/mol. The zero-order valence-electron chi connectivity index (χ0n) is 12.3. The van der Waals surface area contributed by atoms with Gasteiger partial charge in [0.05, 0.1) is 16.7 Å². The summed E-state index contributed by atoms with van der Waals surface area (Å²) in [6.07, 6.45) is 5.09. The van der Waals surface area contributed by atoms with Gasteiger partial charge in [-0.05, 0) is 34.3 Å². The minimum absolute atomic E-state index is 0.00352. The van der Waals surface area contributed by atoms with Crippen molar-refractivity contribution < 1.29 is 4.79 Å². The molecule has 2 unspecified atom stereocenters. The second kappa shape index (κ2) is 7.41. The Balaban J connectivity index is 2.11. The van der Waals surface area contributed by atoms with Crippen molar-refractivity contribution in [3.8, 4) is 0 Å². The number of hydrogen-bond donors (Lipinski definition) is 1. The third-order valence-corrected chi connectivity index (χ3v) is 3.91. The highest BCUT2D eigenvalue weighted by Crippen LogP contribution is 2.20. The van der Waals surface area contributed by atoms with Crippen molar-refractivity contribution in [1.29, 1.82) is 0 Å². The Bertz CT molecular complexity index is 582. The quantitative estimate of drug-likeness (QED) is 0.860. The summed E-state index contributed by atoms with van der Waals surface area (Å²) in [7, 11) is 0. The standard InChI is InChI=1S/C16H20BrN3O/c1-3-14(12-8-6-5-7-9-12)19-16(21)15(4-2)20-11-13(17)10-18-20/h5-11,14-15H,3-4H2,1-2H3,(H,19,21). The van der Waals surface area contributed by atoms with Crippen LogP contribution in [0.1, 0.15) is 44.3 Å². The maximum absolute atomic E-state index is 12.5. The van der Waals surface area contributed by atoms with Crippen LogP contribution in [-0.2, 0) is 4.79 Å². The van der Waals surface area contributed by atoms with Crippen molar-refractivity contribution >= 4 is 21.8 Å². The van der Waals surface area contributed by atoms with Gasteiger partial charge in [-0.1, -0.05) is 44.2 Å². The van der Waals surface area contributed by atoms with E-state index in [1.807, 2.05) is 43.5 Å². The van der Waals surface area contributed by atoms with Gasteiger partial charge >= 0.3 is 0 Å². The molecular weight excluding hydrogens is 330 g/mol.